The Kier molecular flexibility index (Phi) is 4.08. The number of hydrogen-bond acceptors (Lipinski definition) is 5. The summed E-state index contributed by atoms with van der Waals surface area (Å²) in [4.78, 5) is 35.3. The molecule has 5 heteroatoms. The largest absolute Gasteiger partial charge is 0.507 e. The van der Waals surface area contributed by atoms with Crippen LogP contribution in [0.2, 0.25) is 0 Å². The van der Waals surface area contributed by atoms with Crippen molar-refractivity contribution in [3.8, 4) is 11.5 Å². The Balaban J connectivity index is 2.57. The van der Waals surface area contributed by atoms with Gasteiger partial charge in [0.1, 0.15) is 11.5 Å². The molecule has 2 N–H and O–H groups in total. The Morgan fingerprint density at radius 3 is 1.41 bits per heavy atom. The summed E-state index contributed by atoms with van der Waals surface area (Å²) in [5.74, 6) is -1.78. The lowest BCUT2D eigenvalue weighted by molar-refractivity contribution is 0.100. The Bertz CT molecular complexity index is 724. The number of phenols is 2. The lowest BCUT2D eigenvalue weighted by Crippen LogP contribution is -2.06. The highest BCUT2D eigenvalue weighted by Gasteiger charge is 2.19. The molecule has 0 spiro atoms. The summed E-state index contributed by atoms with van der Waals surface area (Å²) in [6.45, 7) is 2.68. The fourth-order valence-corrected chi connectivity index (χ4v) is 2.02. The molecule has 0 radical (unpaired) electrons. The minimum Gasteiger partial charge on any atom is -0.507 e. The number of Topliss-reactive ketones (excluding diaryl/α,β-unsaturated/α-hetero) is 2. The molecule has 0 aliphatic heterocycles. The van der Waals surface area contributed by atoms with Gasteiger partial charge in [0.25, 0.3) is 0 Å². The molecule has 0 saturated carbocycles. The van der Waals surface area contributed by atoms with Crippen LogP contribution in [0.1, 0.15) is 50.5 Å². The molecule has 5 nitrogen and oxygen atoms in total. The van der Waals surface area contributed by atoms with Crippen molar-refractivity contribution < 1.29 is 24.6 Å². The first-order valence-electron chi connectivity index (χ1n) is 6.54. The van der Waals surface area contributed by atoms with Crippen LogP contribution < -0.4 is 0 Å². The van der Waals surface area contributed by atoms with Crippen LogP contribution >= 0.6 is 0 Å². The minimum absolute atomic E-state index is 0.108. The second-order valence-corrected chi connectivity index (χ2v) is 4.91. The van der Waals surface area contributed by atoms with Crippen molar-refractivity contribution in [3.63, 3.8) is 0 Å². The molecule has 2 aromatic carbocycles. The number of benzene rings is 2. The maximum absolute atomic E-state index is 12.5. The molecule has 0 unspecified atom stereocenters. The summed E-state index contributed by atoms with van der Waals surface area (Å²) in [5, 5.41) is 19.7. The summed E-state index contributed by atoms with van der Waals surface area (Å²) >= 11 is 0. The molecule has 0 fully saturated rings. The first-order valence-corrected chi connectivity index (χ1v) is 6.54. The van der Waals surface area contributed by atoms with E-state index in [0.29, 0.717) is 0 Å². The van der Waals surface area contributed by atoms with Gasteiger partial charge in [-0.15, -0.1) is 0 Å². The zero-order valence-corrected chi connectivity index (χ0v) is 12.1. The van der Waals surface area contributed by atoms with Crippen LogP contribution in [0.4, 0.5) is 0 Å². The fourth-order valence-electron chi connectivity index (χ4n) is 2.02. The van der Waals surface area contributed by atoms with Gasteiger partial charge in [-0.1, -0.05) is 0 Å². The first-order chi connectivity index (χ1) is 10.3. The van der Waals surface area contributed by atoms with Gasteiger partial charge in [0, 0.05) is 11.1 Å². The van der Waals surface area contributed by atoms with E-state index in [1.165, 1.54) is 50.2 Å². The molecule has 0 bridgehead atoms. The summed E-state index contributed by atoms with van der Waals surface area (Å²) in [7, 11) is 0. The van der Waals surface area contributed by atoms with E-state index in [4.69, 9.17) is 0 Å². The van der Waals surface area contributed by atoms with E-state index in [2.05, 4.69) is 0 Å². The van der Waals surface area contributed by atoms with Crippen LogP contribution in [-0.4, -0.2) is 27.6 Å². The van der Waals surface area contributed by atoms with Crippen LogP contribution in [0.25, 0.3) is 0 Å². The van der Waals surface area contributed by atoms with Gasteiger partial charge in [0.15, 0.2) is 11.6 Å². The highest BCUT2D eigenvalue weighted by atomic mass is 16.3. The molecular weight excluding hydrogens is 284 g/mol. The Hall–Kier alpha value is -2.95. The monoisotopic (exact) mass is 298 g/mol. The number of ketones is 3. The topological polar surface area (TPSA) is 91.7 Å². The summed E-state index contributed by atoms with van der Waals surface area (Å²) in [6.07, 6.45) is 0. The highest BCUT2D eigenvalue weighted by Crippen LogP contribution is 2.27. The molecule has 2 rings (SSSR count). The molecule has 0 aromatic heterocycles. The summed E-state index contributed by atoms with van der Waals surface area (Å²) < 4.78 is 0. The quantitative estimate of drug-likeness (QED) is 0.847. The van der Waals surface area contributed by atoms with E-state index in [-0.39, 0.29) is 45.3 Å². The number of carbonyl (C=O) groups excluding carboxylic acids is 3. The third kappa shape index (κ3) is 2.88. The summed E-state index contributed by atoms with van der Waals surface area (Å²) in [5.41, 5.74) is 0.319. The fraction of sp³-hybridized carbons (Fsp3) is 0.118. The van der Waals surface area contributed by atoms with Gasteiger partial charge in [0.05, 0.1) is 11.1 Å². The van der Waals surface area contributed by atoms with Gasteiger partial charge in [-0.25, -0.2) is 0 Å². The van der Waals surface area contributed by atoms with Crippen LogP contribution in [0.5, 0.6) is 11.5 Å². The van der Waals surface area contributed by atoms with Crippen molar-refractivity contribution in [2.45, 2.75) is 13.8 Å². The summed E-state index contributed by atoms with van der Waals surface area (Å²) in [6, 6.07) is 7.83. The SMILES string of the molecule is CC(=O)c1ccc(O)c(C(=O)c2cc(C(C)=O)ccc2O)c1. The molecule has 0 atom stereocenters. The zero-order chi connectivity index (χ0) is 16.4. The average molecular weight is 298 g/mol. The van der Waals surface area contributed by atoms with Crippen LogP contribution in [0, 0.1) is 0 Å². The van der Waals surface area contributed by atoms with Crippen molar-refractivity contribution in [1.82, 2.24) is 0 Å². The highest BCUT2D eigenvalue weighted by molar-refractivity contribution is 6.14. The molecule has 0 saturated heterocycles. The molecular formula is C17H14O5. The van der Waals surface area contributed by atoms with E-state index in [9.17, 15) is 24.6 Å². The number of carbonyl (C=O) groups is 3. The lowest BCUT2D eigenvalue weighted by Gasteiger charge is -2.08. The average Bonchev–Trinajstić information content (AvgIpc) is 2.47. The molecule has 112 valence electrons. The van der Waals surface area contributed by atoms with Gasteiger partial charge in [-0.3, -0.25) is 14.4 Å². The molecule has 2 aromatic rings. The maximum atomic E-state index is 12.5. The predicted molar refractivity (Wildman–Crippen MR) is 79.7 cm³/mol. The van der Waals surface area contributed by atoms with Crippen molar-refractivity contribution >= 4 is 17.3 Å². The molecule has 0 aliphatic rings. The Morgan fingerprint density at radius 2 is 1.09 bits per heavy atom. The van der Waals surface area contributed by atoms with Crippen LogP contribution in [-0.2, 0) is 0 Å². The van der Waals surface area contributed by atoms with E-state index in [0.717, 1.165) is 0 Å². The standard InChI is InChI=1S/C17H14O5/c1-9(18)11-3-5-15(20)13(7-11)17(22)14-8-12(10(2)19)4-6-16(14)21/h3-8,20-21H,1-2H3. The Morgan fingerprint density at radius 1 is 0.727 bits per heavy atom. The number of phenolic OH excluding ortho intramolecular Hbond substituents is 2. The van der Waals surface area contributed by atoms with Gasteiger partial charge in [-0.2, -0.15) is 0 Å². The van der Waals surface area contributed by atoms with Crippen molar-refractivity contribution in [2.75, 3.05) is 0 Å². The second-order valence-electron chi connectivity index (χ2n) is 4.91. The van der Waals surface area contributed by atoms with E-state index >= 15 is 0 Å². The van der Waals surface area contributed by atoms with Crippen molar-refractivity contribution in [1.29, 1.82) is 0 Å². The van der Waals surface area contributed by atoms with Gasteiger partial charge in [-0.05, 0) is 50.2 Å². The first kappa shape index (κ1) is 15.4. The molecule has 0 heterocycles. The lowest BCUT2D eigenvalue weighted by atomic mass is 9.96. The van der Waals surface area contributed by atoms with Gasteiger partial charge < -0.3 is 10.2 Å². The van der Waals surface area contributed by atoms with Crippen molar-refractivity contribution in [2.24, 2.45) is 0 Å². The number of hydrogen-bond donors (Lipinski definition) is 2. The molecule has 22 heavy (non-hydrogen) atoms. The van der Waals surface area contributed by atoms with Crippen LogP contribution in [0.15, 0.2) is 36.4 Å². The predicted octanol–water partition coefficient (Wildman–Crippen LogP) is 2.73. The molecule has 0 amide bonds. The van der Waals surface area contributed by atoms with Crippen molar-refractivity contribution in [3.05, 3.63) is 58.7 Å². The van der Waals surface area contributed by atoms with E-state index in [1.54, 1.807) is 0 Å². The Labute approximate surface area is 126 Å². The third-order valence-corrected chi connectivity index (χ3v) is 3.30. The number of aromatic hydroxyl groups is 2. The van der Waals surface area contributed by atoms with Gasteiger partial charge >= 0.3 is 0 Å². The van der Waals surface area contributed by atoms with E-state index in [1.807, 2.05) is 0 Å². The smallest absolute Gasteiger partial charge is 0.200 e. The molecule has 0 aliphatic carbocycles. The zero-order valence-electron chi connectivity index (χ0n) is 12.1. The number of rotatable bonds is 4. The second kappa shape index (κ2) is 5.81. The third-order valence-electron chi connectivity index (χ3n) is 3.30. The van der Waals surface area contributed by atoms with Gasteiger partial charge in [0.2, 0.25) is 5.78 Å². The minimum atomic E-state index is -0.666. The normalized spacial score (nSPS) is 10.3. The van der Waals surface area contributed by atoms with Crippen LogP contribution in [0.3, 0.4) is 0 Å². The van der Waals surface area contributed by atoms with E-state index < -0.39 is 5.78 Å². The maximum Gasteiger partial charge on any atom is 0.200 e.